The zero-order chi connectivity index (χ0) is 15.2. The van der Waals surface area contributed by atoms with E-state index in [1.54, 1.807) is 0 Å². The van der Waals surface area contributed by atoms with Gasteiger partial charge in [0.25, 0.3) is 0 Å². The van der Waals surface area contributed by atoms with E-state index in [1.165, 1.54) is 5.56 Å². The summed E-state index contributed by atoms with van der Waals surface area (Å²) in [5.74, 6) is 0. The average Bonchev–Trinajstić information content (AvgIpc) is 2.96. The zero-order valence-electron chi connectivity index (χ0n) is 13.4. The highest BCUT2D eigenvalue weighted by Crippen LogP contribution is 2.22. The zero-order valence-corrected chi connectivity index (χ0v) is 13.4. The predicted molar refractivity (Wildman–Crippen MR) is 87.6 cm³/mol. The average molecular weight is 289 g/mol. The van der Waals surface area contributed by atoms with Gasteiger partial charge in [-0.05, 0) is 50.4 Å². The molecule has 2 atom stereocenters. The van der Waals surface area contributed by atoms with E-state index in [9.17, 15) is 4.79 Å². The van der Waals surface area contributed by atoms with Gasteiger partial charge in [0.05, 0.1) is 0 Å². The van der Waals surface area contributed by atoms with Crippen LogP contribution >= 0.6 is 0 Å². The van der Waals surface area contributed by atoms with Crippen molar-refractivity contribution in [3.8, 4) is 0 Å². The summed E-state index contributed by atoms with van der Waals surface area (Å²) in [6.45, 7) is 8.19. The maximum Gasteiger partial charge on any atom is 0.322 e. The van der Waals surface area contributed by atoms with E-state index in [1.807, 2.05) is 17.0 Å². The van der Waals surface area contributed by atoms with Crippen LogP contribution in [0.5, 0.6) is 0 Å². The second-order valence-electron chi connectivity index (χ2n) is 5.73. The number of nitrogens with one attached hydrogen (secondary N) is 2. The van der Waals surface area contributed by atoms with E-state index in [0.29, 0.717) is 12.1 Å². The lowest BCUT2D eigenvalue weighted by molar-refractivity contribution is 0.205. The van der Waals surface area contributed by atoms with Gasteiger partial charge in [0.2, 0.25) is 0 Å². The Balaban J connectivity index is 2.02. The van der Waals surface area contributed by atoms with Crippen LogP contribution in [0, 0.1) is 0 Å². The van der Waals surface area contributed by atoms with E-state index < -0.39 is 0 Å². The van der Waals surface area contributed by atoms with Crippen LogP contribution in [0.15, 0.2) is 24.3 Å². The van der Waals surface area contributed by atoms with Crippen molar-refractivity contribution in [1.29, 1.82) is 0 Å². The predicted octanol–water partition coefficient (Wildman–Crippen LogP) is 3.76. The minimum Gasteiger partial charge on any atom is -0.322 e. The smallest absolute Gasteiger partial charge is 0.322 e. The first-order chi connectivity index (χ1) is 10.2. The van der Waals surface area contributed by atoms with Crippen LogP contribution in [0.3, 0.4) is 0 Å². The van der Waals surface area contributed by atoms with Gasteiger partial charge < -0.3 is 15.5 Å². The molecule has 4 heteroatoms. The third-order valence-electron chi connectivity index (χ3n) is 4.26. The Labute approximate surface area is 127 Å². The van der Waals surface area contributed by atoms with Crippen LogP contribution in [-0.4, -0.2) is 30.1 Å². The van der Waals surface area contributed by atoms with Gasteiger partial charge in [-0.25, -0.2) is 4.79 Å². The molecule has 116 valence electrons. The monoisotopic (exact) mass is 289 g/mol. The Kier molecular flexibility index (Phi) is 5.62. The second-order valence-corrected chi connectivity index (χ2v) is 5.73. The fourth-order valence-electron chi connectivity index (χ4n) is 3.03. The fraction of sp³-hybridized carbons (Fsp3) is 0.588. The summed E-state index contributed by atoms with van der Waals surface area (Å²) >= 11 is 0. The molecule has 0 aliphatic carbocycles. The largest absolute Gasteiger partial charge is 0.322 e. The molecule has 2 amide bonds. The molecule has 1 heterocycles. The molecule has 1 aromatic carbocycles. The highest BCUT2D eigenvalue weighted by molar-refractivity contribution is 5.89. The summed E-state index contributed by atoms with van der Waals surface area (Å²) in [7, 11) is 0. The molecular formula is C17H27N3O. The van der Waals surface area contributed by atoms with Crippen LogP contribution in [0.4, 0.5) is 10.5 Å². The van der Waals surface area contributed by atoms with Gasteiger partial charge >= 0.3 is 6.03 Å². The molecule has 0 spiro atoms. The van der Waals surface area contributed by atoms with Crippen molar-refractivity contribution in [2.24, 2.45) is 0 Å². The number of anilines is 1. The highest BCUT2D eigenvalue weighted by Gasteiger charge is 2.27. The molecule has 1 fully saturated rings. The molecule has 1 saturated heterocycles. The van der Waals surface area contributed by atoms with Gasteiger partial charge in [0, 0.05) is 24.3 Å². The number of urea groups is 1. The van der Waals surface area contributed by atoms with Crippen molar-refractivity contribution < 1.29 is 4.79 Å². The van der Waals surface area contributed by atoms with Crippen molar-refractivity contribution in [1.82, 2.24) is 10.2 Å². The van der Waals surface area contributed by atoms with E-state index >= 15 is 0 Å². The first-order valence-electron chi connectivity index (χ1n) is 8.06. The minimum atomic E-state index is 0.0348. The van der Waals surface area contributed by atoms with Crippen molar-refractivity contribution >= 4 is 11.7 Å². The molecule has 1 aliphatic rings. The standard InChI is InChI=1S/C17H27N3O/c1-4-16-10-7-11-20(16)17(21)19-15-9-6-8-14(12-15)13(3)18-5-2/h6,8-9,12-13,16,18H,4-5,7,10-11H2,1-3H3,(H,19,21). The first-order valence-corrected chi connectivity index (χ1v) is 8.06. The van der Waals surface area contributed by atoms with Crippen LogP contribution in [0.25, 0.3) is 0 Å². The van der Waals surface area contributed by atoms with Crippen molar-refractivity contribution in [2.45, 2.75) is 52.1 Å². The number of benzene rings is 1. The number of hydrogen-bond donors (Lipinski definition) is 2. The molecule has 2 rings (SSSR count). The molecular weight excluding hydrogens is 262 g/mol. The molecule has 1 aromatic rings. The van der Waals surface area contributed by atoms with E-state index in [2.05, 4.69) is 43.5 Å². The molecule has 0 bridgehead atoms. The number of likely N-dealkylation sites (tertiary alicyclic amines) is 1. The number of nitrogens with zero attached hydrogens (tertiary/aromatic N) is 1. The lowest BCUT2D eigenvalue weighted by atomic mass is 10.1. The SMILES string of the molecule is CCNC(C)c1cccc(NC(=O)N2CCCC2CC)c1. The maximum atomic E-state index is 12.4. The number of carbonyl (C=O) groups excluding carboxylic acids is 1. The Morgan fingerprint density at radius 3 is 2.95 bits per heavy atom. The quantitative estimate of drug-likeness (QED) is 0.866. The number of rotatable bonds is 5. The normalized spacial score (nSPS) is 19.6. The Morgan fingerprint density at radius 1 is 1.43 bits per heavy atom. The van der Waals surface area contributed by atoms with E-state index in [0.717, 1.165) is 38.0 Å². The maximum absolute atomic E-state index is 12.4. The Bertz CT molecular complexity index is 475. The molecule has 0 saturated carbocycles. The summed E-state index contributed by atoms with van der Waals surface area (Å²) in [4.78, 5) is 14.4. The molecule has 4 nitrogen and oxygen atoms in total. The first kappa shape index (κ1) is 15.8. The molecule has 2 N–H and O–H groups in total. The number of carbonyl (C=O) groups is 1. The number of hydrogen-bond acceptors (Lipinski definition) is 2. The van der Waals surface area contributed by atoms with Gasteiger partial charge in [-0.15, -0.1) is 0 Å². The minimum absolute atomic E-state index is 0.0348. The van der Waals surface area contributed by atoms with Crippen molar-refractivity contribution in [3.63, 3.8) is 0 Å². The van der Waals surface area contributed by atoms with E-state index in [4.69, 9.17) is 0 Å². The Hall–Kier alpha value is -1.55. The summed E-state index contributed by atoms with van der Waals surface area (Å²) < 4.78 is 0. The van der Waals surface area contributed by atoms with E-state index in [-0.39, 0.29) is 6.03 Å². The van der Waals surface area contributed by atoms with Gasteiger partial charge in [0.1, 0.15) is 0 Å². The van der Waals surface area contributed by atoms with Crippen LogP contribution < -0.4 is 10.6 Å². The summed E-state index contributed by atoms with van der Waals surface area (Å²) in [5.41, 5.74) is 2.08. The molecule has 1 aliphatic heterocycles. The number of amides is 2. The molecule has 0 radical (unpaired) electrons. The Morgan fingerprint density at radius 2 is 2.24 bits per heavy atom. The second kappa shape index (κ2) is 7.46. The molecule has 0 aromatic heterocycles. The van der Waals surface area contributed by atoms with Gasteiger partial charge in [-0.3, -0.25) is 0 Å². The van der Waals surface area contributed by atoms with Crippen molar-refractivity contribution in [2.75, 3.05) is 18.4 Å². The summed E-state index contributed by atoms with van der Waals surface area (Å²) in [6, 6.07) is 8.83. The van der Waals surface area contributed by atoms with Crippen LogP contribution in [0.1, 0.15) is 51.6 Å². The summed E-state index contributed by atoms with van der Waals surface area (Å²) in [6.07, 6.45) is 3.27. The molecule has 21 heavy (non-hydrogen) atoms. The van der Waals surface area contributed by atoms with Crippen molar-refractivity contribution in [3.05, 3.63) is 29.8 Å². The van der Waals surface area contributed by atoms with Crippen LogP contribution in [0.2, 0.25) is 0 Å². The van der Waals surface area contributed by atoms with Gasteiger partial charge in [-0.2, -0.15) is 0 Å². The lowest BCUT2D eigenvalue weighted by Crippen LogP contribution is -2.38. The highest BCUT2D eigenvalue weighted by atomic mass is 16.2. The molecule has 2 unspecified atom stereocenters. The van der Waals surface area contributed by atoms with Crippen LogP contribution in [-0.2, 0) is 0 Å². The fourth-order valence-corrected chi connectivity index (χ4v) is 3.03. The topological polar surface area (TPSA) is 44.4 Å². The lowest BCUT2D eigenvalue weighted by Gasteiger charge is -2.24. The summed E-state index contributed by atoms with van der Waals surface area (Å²) in [5, 5.41) is 6.44. The third kappa shape index (κ3) is 3.97. The van der Waals surface area contributed by atoms with Gasteiger partial charge in [0.15, 0.2) is 0 Å². The van der Waals surface area contributed by atoms with Gasteiger partial charge in [-0.1, -0.05) is 26.0 Å². The third-order valence-corrected chi connectivity index (χ3v) is 4.26.